The van der Waals surface area contributed by atoms with Gasteiger partial charge in [0.05, 0.1) is 5.69 Å². The van der Waals surface area contributed by atoms with Crippen molar-refractivity contribution in [2.45, 2.75) is 25.5 Å². The van der Waals surface area contributed by atoms with E-state index in [9.17, 15) is 0 Å². The van der Waals surface area contributed by atoms with Crippen LogP contribution < -0.4 is 13.9 Å². The van der Waals surface area contributed by atoms with Crippen LogP contribution in [0.3, 0.4) is 0 Å². The Balaban J connectivity index is 1.30. The smallest absolute Gasteiger partial charge is 0.279 e. The second-order valence-electron chi connectivity index (χ2n) is 11.2. The number of ether oxygens (including phenoxy) is 1. The quantitative estimate of drug-likeness (QED) is 0.176. The summed E-state index contributed by atoms with van der Waals surface area (Å²) in [5.74, 6) is 1.71. The minimum Gasteiger partial charge on any atom is -0.487 e. The molecule has 8 rings (SSSR count). The minimum absolute atomic E-state index is 0.386. The van der Waals surface area contributed by atoms with Gasteiger partial charge in [-0.3, -0.25) is 4.98 Å². The summed E-state index contributed by atoms with van der Waals surface area (Å²) in [6, 6.07) is 42.9. The van der Waals surface area contributed by atoms with E-state index in [0.29, 0.717) is 12.6 Å². The average molecular weight is 582 g/mol. The fraction of sp³-hybridized carbons (Fsp3) is 0.162. The maximum atomic E-state index is 7.27. The van der Waals surface area contributed by atoms with Gasteiger partial charge >= 0.3 is 0 Å². The molecule has 0 saturated carbocycles. The number of hydrogen-bond acceptors (Lipinski definition) is 5. The second-order valence-corrected chi connectivity index (χ2v) is 12.8. The monoisotopic (exact) mass is 581 g/mol. The summed E-state index contributed by atoms with van der Waals surface area (Å²) in [6.07, 6.45) is 4.24. The molecule has 2 aliphatic heterocycles. The standard InChI is InChI=1S/C37H32N3O2P/c1-2-14-30(15-3-1)40-25-31-16-10-24-39(31)43(40)42-35-22-20-28-12-5-7-18-33(28)37(35)36-32-17-6-4-11-27(32)19-21-34(36)41-26-29-13-8-9-23-38-29/h1-9,11-15,17-23,31H,10,16,24-26H2/t31-,43?/m0/s1. The predicted molar refractivity (Wildman–Crippen MR) is 177 cm³/mol. The number of hydrogen-bond donors (Lipinski definition) is 0. The van der Waals surface area contributed by atoms with Gasteiger partial charge in [-0.05, 0) is 70.8 Å². The topological polar surface area (TPSA) is 37.8 Å². The van der Waals surface area contributed by atoms with Crippen LogP contribution in [0.2, 0.25) is 0 Å². The molecule has 2 saturated heterocycles. The summed E-state index contributed by atoms with van der Waals surface area (Å²) >= 11 is 0. The fourth-order valence-electron chi connectivity index (χ4n) is 6.48. The molecule has 1 unspecified atom stereocenters. The lowest BCUT2D eigenvalue weighted by atomic mass is 9.92. The molecule has 0 N–H and O–H groups in total. The number of benzene rings is 5. The molecule has 5 aromatic carbocycles. The van der Waals surface area contributed by atoms with Crippen LogP contribution in [-0.2, 0) is 6.61 Å². The van der Waals surface area contributed by atoms with Gasteiger partial charge < -0.3 is 13.9 Å². The third-order valence-electron chi connectivity index (χ3n) is 8.52. The fourth-order valence-corrected chi connectivity index (χ4v) is 8.73. The van der Waals surface area contributed by atoms with Crippen molar-refractivity contribution in [3.8, 4) is 22.6 Å². The summed E-state index contributed by atoms with van der Waals surface area (Å²) in [5.41, 5.74) is 4.24. The van der Waals surface area contributed by atoms with E-state index in [1.165, 1.54) is 29.3 Å². The zero-order chi connectivity index (χ0) is 28.6. The van der Waals surface area contributed by atoms with Crippen LogP contribution in [0.15, 0.2) is 128 Å². The highest BCUT2D eigenvalue weighted by Crippen LogP contribution is 2.58. The number of rotatable bonds is 7. The van der Waals surface area contributed by atoms with Crippen LogP contribution in [0.5, 0.6) is 11.5 Å². The Morgan fingerprint density at radius 3 is 2.12 bits per heavy atom. The molecule has 5 nitrogen and oxygen atoms in total. The Labute approximate surface area is 253 Å². The van der Waals surface area contributed by atoms with Crippen LogP contribution in [0, 0.1) is 0 Å². The molecule has 2 aliphatic rings. The summed E-state index contributed by atoms with van der Waals surface area (Å²) in [7, 11) is -1.04. The lowest BCUT2D eigenvalue weighted by molar-refractivity contribution is 0.303. The van der Waals surface area contributed by atoms with Crippen molar-refractivity contribution in [2.75, 3.05) is 17.8 Å². The molecule has 1 aromatic heterocycles. The predicted octanol–water partition coefficient (Wildman–Crippen LogP) is 9.22. The van der Waals surface area contributed by atoms with Crippen molar-refractivity contribution >= 4 is 35.7 Å². The van der Waals surface area contributed by atoms with Gasteiger partial charge in [-0.2, -0.15) is 0 Å². The van der Waals surface area contributed by atoms with Gasteiger partial charge in [0.1, 0.15) is 18.1 Å². The number of para-hydroxylation sites is 1. The lowest BCUT2D eigenvalue weighted by Crippen LogP contribution is -2.20. The summed E-state index contributed by atoms with van der Waals surface area (Å²) < 4.78 is 18.9. The molecule has 0 bridgehead atoms. The first kappa shape index (κ1) is 26.2. The van der Waals surface area contributed by atoms with E-state index >= 15 is 0 Å². The van der Waals surface area contributed by atoms with Crippen LogP contribution in [-0.4, -0.2) is 28.8 Å². The highest BCUT2D eigenvalue weighted by Gasteiger charge is 2.45. The van der Waals surface area contributed by atoms with Gasteiger partial charge in [0.15, 0.2) is 0 Å². The maximum absolute atomic E-state index is 7.27. The molecular formula is C37H32N3O2P. The third kappa shape index (κ3) is 4.89. The highest BCUT2D eigenvalue weighted by atomic mass is 31.2. The van der Waals surface area contributed by atoms with E-state index in [1.807, 2.05) is 24.4 Å². The average Bonchev–Trinajstić information content (AvgIpc) is 3.67. The summed E-state index contributed by atoms with van der Waals surface area (Å²) in [6.45, 7) is 2.44. The Hall–Kier alpha value is -4.44. The normalized spacial score (nSPS) is 18.3. The molecule has 6 aromatic rings. The molecule has 0 spiro atoms. The molecule has 2 atom stereocenters. The molecule has 6 heteroatoms. The lowest BCUT2D eigenvalue weighted by Gasteiger charge is -2.30. The zero-order valence-electron chi connectivity index (χ0n) is 23.8. The van der Waals surface area contributed by atoms with Crippen molar-refractivity contribution in [3.63, 3.8) is 0 Å². The molecule has 0 radical (unpaired) electrons. The first-order chi connectivity index (χ1) is 21.3. The third-order valence-corrected chi connectivity index (χ3v) is 10.7. The van der Waals surface area contributed by atoms with Gasteiger partial charge in [-0.25, -0.2) is 4.67 Å². The summed E-state index contributed by atoms with van der Waals surface area (Å²) in [5, 5.41) is 4.63. The number of fused-ring (bicyclic) bond motifs is 3. The van der Waals surface area contributed by atoms with Crippen molar-refractivity contribution in [1.29, 1.82) is 0 Å². The molecule has 212 valence electrons. The molecular weight excluding hydrogens is 549 g/mol. The van der Waals surface area contributed by atoms with E-state index in [-0.39, 0.29) is 0 Å². The van der Waals surface area contributed by atoms with E-state index in [0.717, 1.165) is 52.2 Å². The number of anilines is 1. The van der Waals surface area contributed by atoms with Crippen molar-refractivity contribution in [2.24, 2.45) is 0 Å². The van der Waals surface area contributed by atoms with E-state index < -0.39 is 8.45 Å². The van der Waals surface area contributed by atoms with Gasteiger partial charge in [-0.15, -0.1) is 0 Å². The van der Waals surface area contributed by atoms with Crippen LogP contribution in [0.1, 0.15) is 18.5 Å². The van der Waals surface area contributed by atoms with Crippen LogP contribution in [0.4, 0.5) is 5.69 Å². The molecule has 3 heterocycles. The first-order valence-electron chi connectivity index (χ1n) is 15.0. The maximum Gasteiger partial charge on any atom is 0.279 e. The SMILES string of the molecule is c1ccc(N2C[C@@H]3CCCN3P2Oc2ccc3ccccc3c2-c2c(OCc3ccccn3)ccc3ccccc23)cc1. The van der Waals surface area contributed by atoms with Gasteiger partial charge in [-0.1, -0.05) is 84.9 Å². The van der Waals surface area contributed by atoms with Crippen LogP contribution >= 0.6 is 8.45 Å². The summed E-state index contributed by atoms with van der Waals surface area (Å²) in [4.78, 5) is 4.50. The second kappa shape index (κ2) is 11.3. The Bertz CT molecular complexity index is 1900. The Kier molecular flexibility index (Phi) is 6.91. The van der Waals surface area contributed by atoms with Crippen molar-refractivity contribution in [3.05, 3.63) is 133 Å². The molecule has 2 fully saturated rings. The number of nitrogens with zero attached hydrogens (tertiary/aromatic N) is 3. The Morgan fingerprint density at radius 2 is 1.37 bits per heavy atom. The first-order valence-corrected chi connectivity index (χ1v) is 16.1. The molecule has 43 heavy (non-hydrogen) atoms. The minimum atomic E-state index is -1.04. The molecule has 0 amide bonds. The van der Waals surface area contributed by atoms with Crippen molar-refractivity contribution in [1.82, 2.24) is 9.65 Å². The number of pyridine rings is 1. The highest BCUT2D eigenvalue weighted by molar-refractivity contribution is 7.52. The van der Waals surface area contributed by atoms with Crippen LogP contribution in [0.25, 0.3) is 32.7 Å². The van der Waals surface area contributed by atoms with Gasteiger partial charge in [0, 0.05) is 42.1 Å². The van der Waals surface area contributed by atoms with E-state index in [1.54, 1.807) is 0 Å². The zero-order valence-corrected chi connectivity index (χ0v) is 24.7. The molecule has 0 aliphatic carbocycles. The van der Waals surface area contributed by atoms with Gasteiger partial charge in [0.2, 0.25) is 0 Å². The van der Waals surface area contributed by atoms with Gasteiger partial charge in [0.25, 0.3) is 8.45 Å². The van der Waals surface area contributed by atoms with Crippen molar-refractivity contribution < 1.29 is 9.26 Å². The van der Waals surface area contributed by atoms with E-state index in [4.69, 9.17) is 9.26 Å². The Morgan fingerprint density at radius 1 is 0.698 bits per heavy atom. The largest absolute Gasteiger partial charge is 0.487 e. The van der Waals surface area contributed by atoms with E-state index in [2.05, 4.69) is 117 Å². The number of aromatic nitrogens is 1.